The summed E-state index contributed by atoms with van der Waals surface area (Å²) in [6, 6.07) is 7.91. The van der Waals surface area contributed by atoms with E-state index in [0.717, 1.165) is 12.1 Å². The van der Waals surface area contributed by atoms with Gasteiger partial charge in [0.2, 0.25) is 0 Å². The molecule has 29 heavy (non-hydrogen) atoms. The van der Waals surface area contributed by atoms with E-state index in [4.69, 9.17) is 15.7 Å². The highest BCUT2D eigenvalue weighted by Crippen LogP contribution is 2.38. The number of alkyl halides is 2. The smallest absolute Gasteiger partial charge is 0.275 e. The van der Waals surface area contributed by atoms with Crippen molar-refractivity contribution in [1.29, 1.82) is 5.26 Å². The largest absolute Gasteiger partial charge is 0.385 e. The number of aliphatic imine (C=N–C) groups is 1. The van der Waals surface area contributed by atoms with Crippen molar-refractivity contribution in [2.75, 3.05) is 11.9 Å². The molecule has 0 radical (unpaired) electrons. The Morgan fingerprint density at radius 2 is 2.21 bits per heavy atom. The number of nitrogens with one attached hydrogen (secondary N) is 1. The second-order valence-corrected chi connectivity index (χ2v) is 6.37. The van der Waals surface area contributed by atoms with Gasteiger partial charge in [0.15, 0.2) is 5.54 Å². The van der Waals surface area contributed by atoms with Gasteiger partial charge in [-0.1, -0.05) is 0 Å². The number of hydrogen-bond donors (Lipinski definition) is 2. The molecule has 0 bridgehead atoms. The van der Waals surface area contributed by atoms with Crippen LogP contribution in [0.5, 0.6) is 0 Å². The average Bonchev–Trinajstić information content (AvgIpc) is 2.71. The lowest BCUT2D eigenvalue weighted by Gasteiger charge is -2.35. The Kier molecular flexibility index (Phi) is 5.52. The first kappa shape index (κ1) is 20.3. The molecule has 1 aromatic carbocycles. The van der Waals surface area contributed by atoms with Gasteiger partial charge in [0.25, 0.3) is 12.3 Å². The van der Waals surface area contributed by atoms with Crippen molar-refractivity contribution in [1.82, 2.24) is 4.98 Å². The Balaban J connectivity index is 2.00. The van der Waals surface area contributed by atoms with E-state index < -0.39 is 42.0 Å². The Bertz CT molecular complexity index is 1020. The Labute approximate surface area is 164 Å². The fourth-order valence-electron chi connectivity index (χ4n) is 2.86. The first-order valence-corrected chi connectivity index (χ1v) is 8.50. The second-order valence-electron chi connectivity index (χ2n) is 6.37. The number of aromatic nitrogens is 1. The molecule has 2 aromatic rings. The number of ether oxygens (including phenoxy) is 1. The molecule has 1 aromatic heterocycles. The summed E-state index contributed by atoms with van der Waals surface area (Å²) < 4.78 is 47.7. The first-order valence-electron chi connectivity index (χ1n) is 8.50. The maximum atomic E-state index is 14.5. The summed E-state index contributed by atoms with van der Waals surface area (Å²) in [5.74, 6) is -1.88. The Morgan fingerprint density at radius 1 is 1.45 bits per heavy atom. The molecule has 0 unspecified atom stereocenters. The third kappa shape index (κ3) is 3.77. The van der Waals surface area contributed by atoms with Crippen molar-refractivity contribution in [3.63, 3.8) is 0 Å². The minimum atomic E-state index is -3.12. The second kappa shape index (κ2) is 7.89. The molecule has 0 fully saturated rings. The van der Waals surface area contributed by atoms with Gasteiger partial charge in [0.05, 0.1) is 12.2 Å². The third-order valence-electron chi connectivity index (χ3n) is 4.49. The molecule has 3 N–H and O–H groups in total. The highest BCUT2D eigenvalue weighted by molar-refractivity contribution is 6.04. The lowest BCUT2D eigenvalue weighted by atomic mass is 9.89. The minimum Gasteiger partial charge on any atom is -0.385 e. The lowest BCUT2D eigenvalue weighted by Crippen LogP contribution is -2.48. The van der Waals surface area contributed by atoms with E-state index in [2.05, 4.69) is 15.3 Å². The number of nitrogens with zero attached hydrogens (tertiary/aromatic N) is 3. The van der Waals surface area contributed by atoms with Gasteiger partial charge < -0.3 is 15.8 Å². The number of hydrogen-bond acceptors (Lipinski definition) is 6. The van der Waals surface area contributed by atoms with Crippen LogP contribution in [0.3, 0.4) is 0 Å². The maximum Gasteiger partial charge on any atom is 0.275 e. The number of pyridine rings is 1. The van der Waals surface area contributed by atoms with Gasteiger partial charge >= 0.3 is 0 Å². The van der Waals surface area contributed by atoms with Gasteiger partial charge in [-0.15, -0.1) is 0 Å². The van der Waals surface area contributed by atoms with Crippen LogP contribution >= 0.6 is 0 Å². The van der Waals surface area contributed by atoms with Crippen LogP contribution in [0, 0.1) is 17.1 Å². The van der Waals surface area contributed by atoms with Crippen molar-refractivity contribution in [3.05, 3.63) is 59.2 Å². The molecule has 1 aliphatic heterocycles. The van der Waals surface area contributed by atoms with Gasteiger partial charge in [-0.05, 0) is 37.3 Å². The summed E-state index contributed by atoms with van der Waals surface area (Å²) in [6.07, 6.45) is -2.47. The minimum absolute atomic E-state index is 0.0216. The average molecular weight is 403 g/mol. The van der Waals surface area contributed by atoms with Crippen molar-refractivity contribution in [2.24, 2.45) is 10.7 Å². The Morgan fingerprint density at radius 3 is 2.86 bits per heavy atom. The Hall–Kier alpha value is -3.45. The molecule has 7 nitrogen and oxygen atoms in total. The van der Waals surface area contributed by atoms with E-state index in [1.165, 1.54) is 24.4 Å². The van der Waals surface area contributed by atoms with Crippen molar-refractivity contribution in [3.8, 4) is 6.07 Å². The molecule has 10 heteroatoms. The van der Waals surface area contributed by atoms with Gasteiger partial charge in [0.1, 0.15) is 29.5 Å². The van der Waals surface area contributed by atoms with E-state index in [1.807, 2.05) is 6.07 Å². The summed E-state index contributed by atoms with van der Waals surface area (Å²) in [7, 11) is 0. The SMILES string of the molecule is C[C@@H]1OC[C@](c2cc(NC(=O)c3ncccc3C#N)ccc2F)(C(F)F)N=C1N. The molecular formula is C19H16F3N5O2. The number of halogens is 3. The number of rotatable bonds is 4. The van der Waals surface area contributed by atoms with Crippen LogP contribution in [0.2, 0.25) is 0 Å². The fourth-order valence-corrected chi connectivity index (χ4v) is 2.86. The molecule has 2 heterocycles. The number of nitrogens with two attached hydrogens (primary N) is 1. The number of carbonyl (C=O) groups excluding carboxylic acids is 1. The number of anilines is 1. The molecule has 0 saturated carbocycles. The van der Waals surface area contributed by atoms with Crippen LogP contribution in [0.25, 0.3) is 0 Å². The van der Waals surface area contributed by atoms with E-state index in [0.29, 0.717) is 0 Å². The normalized spacial score (nSPS) is 21.4. The maximum absolute atomic E-state index is 14.5. The monoisotopic (exact) mass is 403 g/mol. The number of benzene rings is 1. The molecule has 1 amide bonds. The highest BCUT2D eigenvalue weighted by atomic mass is 19.3. The quantitative estimate of drug-likeness (QED) is 0.815. The van der Waals surface area contributed by atoms with Crippen molar-refractivity contribution < 1.29 is 22.7 Å². The fraction of sp³-hybridized carbons (Fsp3) is 0.263. The van der Waals surface area contributed by atoms with Gasteiger partial charge in [-0.3, -0.25) is 9.79 Å². The van der Waals surface area contributed by atoms with E-state index in [9.17, 15) is 18.0 Å². The first-order chi connectivity index (χ1) is 13.8. The summed E-state index contributed by atoms with van der Waals surface area (Å²) in [6.45, 7) is 0.959. The third-order valence-corrected chi connectivity index (χ3v) is 4.49. The highest BCUT2D eigenvalue weighted by Gasteiger charge is 2.47. The standard InChI is InChI=1S/C19H16F3N5O2/c1-10-16(24)27-19(9-29-10,18(21)22)13-7-12(4-5-14(13)20)26-17(28)15-11(8-23)3-2-6-25-15/h2-7,10,18H,9H2,1H3,(H2,24,27)(H,26,28)/t10-,19-/m0/s1. The molecule has 1 aliphatic rings. The van der Waals surface area contributed by atoms with Crippen LogP contribution in [-0.2, 0) is 10.3 Å². The number of amides is 1. The summed E-state index contributed by atoms with van der Waals surface area (Å²) >= 11 is 0. The molecule has 0 saturated heterocycles. The predicted molar refractivity (Wildman–Crippen MR) is 98.0 cm³/mol. The summed E-state index contributed by atoms with van der Waals surface area (Å²) in [5.41, 5.74) is 2.75. The van der Waals surface area contributed by atoms with Crippen LogP contribution in [-0.4, -0.2) is 35.9 Å². The zero-order chi connectivity index (χ0) is 21.2. The molecule has 3 rings (SSSR count). The molecule has 2 atom stereocenters. The van der Waals surface area contributed by atoms with Gasteiger partial charge in [-0.2, -0.15) is 5.26 Å². The van der Waals surface area contributed by atoms with Crippen molar-refractivity contribution in [2.45, 2.75) is 25.0 Å². The molecular weight excluding hydrogens is 387 g/mol. The molecule has 0 spiro atoms. The zero-order valence-corrected chi connectivity index (χ0v) is 15.2. The summed E-state index contributed by atoms with van der Waals surface area (Å²) in [4.78, 5) is 20.1. The van der Waals surface area contributed by atoms with Crippen LogP contribution in [0.15, 0.2) is 41.5 Å². The van der Waals surface area contributed by atoms with Crippen LogP contribution < -0.4 is 11.1 Å². The van der Waals surface area contributed by atoms with Gasteiger partial charge in [-0.25, -0.2) is 18.2 Å². The number of carbonyl (C=O) groups is 1. The molecule has 150 valence electrons. The van der Waals surface area contributed by atoms with E-state index in [1.54, 1.807) is 6.92 Å². The van der Waals surface area contributed by atoms with Crippen LogP contribution in [0.1, 0.15) is 28.5 Å². The van der Waals surface area contributed by atoms with Gasteiger partial charge in [0, 0.05) is 17.4 Å². The zero-order valence-electron chi connectivity index (χ0n) is 15.2. The van der Waals surface area contributed by atoms with Crippen molar-refractivity contribution >= 4 is 17.4 Å². The number of amidine groups is 1. The summed E-state index contributed by atoms with van der Waals surface area (Å²) in [5, 5.41) is 11.5. The van der Waals surface area contributed by atoms with E-state index in [-0.39, 0.29) is 22.8 Å². The van der Waals surface area contributed by atoms with Crippen LogP contribution in [0.4, 0.5) is 18.9 Å². The predicted octanol–water partition coefficient (Wildman–Crippen LogP) is 2.58. The lowest BCUT2D eigenvalue weighted by molar-refractivity contribution is -0.0340. The molecule has 0 aliphatic carbocycles. The topological polar surface area (TPSA) is 113 Å². The van der Waals surface area contributed by atoms with E-state index >= 15 is 0 Å². The number of nitriles is 1.